The fourth-order valence-corrected chi connectivity index (χ4v) is 4.34. The molecule has 0 spiro atoms. The summed E-state index contributed by atoms with van der Waals surface area (Å²) in [4.78, 5) is 17.4. The van der Waals surface area contributed by atoms with E-state index in [0.29, 0.717) is 24.2 Å². The van der Waals surface area contributed by atoms with E-state index in [1.54, 1.807) is 12.4 Å². The minimum absolute atomic E-state index is 0.103. The van der Waals surface area contributed by atoms with Gasteiger partial charge < -0.3 is 10.6 Å². The van der Waals surface area contributed by atoms with E-state index in [1.807, 2.05) is 45.2 Å². The smallest absolute Gasteiger partial charge is 0.254 e. The molecule has 1 aliphatic rings. The van der Waals surface area contributed by atoms with Gasteiger partial charge in [-0.2, -0.15) is 5.10 Å². The number of nitrogens with one attached hydrogen (secondary N) is 3. The Morgan fingerprint density at radius 3 is 2.65 bits per heavy atom. The fourth-order valence-electron chi connectivity index (χ4n) is 4.34. The first-order valence-electron chi connectivity index (χ1n) is 10.5. The van der Waals surface area contributed by atoms with Crippen molar-refractivity contribution in [3.8, 4) is 11.1 Å². The molecule has 0 atom stereocenters. The maximum Gasteiger partial charge on any atom is 0.254 e. The summed E-state index contributed by atoms with van der Waals surface area (Å²) in [5.74, 6) is -2.83. The van der Waals surface area contributed by atoms with Crippen molar-refractivity contribution in [3.05, 3.63) is 42.4 Å². The lowest BCUT2D eigenvalue weighted by Crippen LogP contribution is -2.45. The van der Waals surface area contributed by atoms with Gasteiger partial charge in [0, 0.05) is 48.8 Å². The molecule has 31 heavy (non-hydrogen) atoms. The number of pyridine rings is 1. The molecule has 3 N–H and O–H groups in total. The lowest BCUT2D eigenvalue weighted by Gasteiger charge is -2.45. The molecule has 0 unspecified atom stereocenters. The van der Waals surface area contributed by atoms with E-state index in [2.05, 4.69) is 25.8 Å². The predicted octanol–water partition coefficient (Wildman–Crippen LogP) is 5.00. The summed E-state index contributed by atoms with van der Waals surface area (Å²) in [7, 11) is 0. The van der Waals surface area contributed by atoms with Crippen LogP contribution in [0.4, 0.5) is 14.5 Å². The molecule has 0 aliphatic heterocycles. The first-order valence-corrected chi connectivity index (χ1v) is 10.5. The van der Waals surface area contributed by atoms with Gasteiger partial charge in [0.25, 0.3) is 5.91 Å². The summed E-state index contributed by atoms with van der Waals surface area (Å²) in [5, 5.41) is 13.9. The molecule has 0 bridgehead atoms. The number of aromatic nitrogens is 3. The Bertz CT molecular complexity index is 1090. The predicted molar refractivity (Wildman–Crippen MR) is 117 cm³/mol. The van der Waals surface area contributed by atoms with Gasteiger partial charge in [-0.15, -0.1) is 0 Å². The first kappa shape index (κ1) is 21.2. The highest BCUT2D eigenvalue weighted by Gasteiger charge is 2.52. The summed E-state index contributed by atoms with van der Waals surface area (Å²) in [6, 6.07) is 5.98. The third-order valence-electron chi connectivity index (χ3n) is 5.76. The number of H-pyrrole nitrogens is 1. The Labute approximate surface area is 179 Å². The molecule has 1 aromatic carbocycles. The number of fused-ring (bicyclic) bond motifs is 1. The monoisotopic (exact) mass is 427 g/mol. The Balaban J connectivity index is 1.59. The Morgan fingerprint density at radius 1 is 1.23 bits per heavy atom. The molecule has 2 heterocycles. The average Bonchev–Trinajstić information content (AvgIpc) is 3.20. The minimum Gasteiger partial charge on any atom is -0.382 e. The molecule has 164 valence electrons. The normalized spacial score (nSPS) is 16.8. The standard InChI is InChI=1S/C23H27F2N5O/c1-14(2)30-20-17-8-15(16-9-28-29-10-16)4-5-19(17)27-11-18(20)21(31)26-7-6-22(3)12-23(24,25)13-22/h4-5,8-11,14H,6-7,12-13H2,1-3H3,(H,26,31)(H,27,30)(H,28,29). The van der Waals surface area contributed by atoms with E-state index < -0.39 is 11.3 Å². The van der Waals surface area contributed by atoms with Crippen LogP contribution in [0.5, 0.6) is 0 Å². The fraction of sp³-hybridized carbons (Fsp3) is 0.435. The second-order valence-corrected chi connectivity index (χ2v) is 9.09. The summed E-state index contributed by atoms with van der Waals surface area (Å²) in [5.41, 5.74) is 3.41. The average molecular weight is 427 g/mol. The molecule has 0 radical (unpaired) electrons. The van der Waals surface area contributed by atoms with Crippen molar-refractivity contribution >= 4 is 22.5 Å². The number of alkyl halides is 2. The van der Waals surface area contributed by atoms with Crippen LogP contribution < -0.4 is 10.6 Å². The largest absolute Gasteiger partial charge is 0.382 e. The van der Waals surface area contributed by atoms with Gasteiger partial charge in [0.1, 0.15) is 0 Å². The number of aromatic amines is 1. The van der Waals surface area contributed by atoms with Crippen LogP contribution >= 0.6 is 0 Å². The summed E-state index contributed by atoms with van der Waals surface area (Å²) < 4.78 is 26.5. The maximum absolute atomic E-state index is 13.2. The number of benzene rings is 1. The Kier molecular flexibility index (Phi) is 5.41. The zero-order chi connectivity index (χ0) is 22.2. The number of rotatable bonds is 7. The van der Waals surface area contributed by atoms with Gasteiger partial charge in [0.2, 0.25) is 5.92 Å². The van der Waals surface area contributed by atoms with Gasteiger partial charge in [0.05, 0.1) is 23.0 Å². The molecule has 3 aromatic rings. The molecule has 4 rings (SSSR count). The second kappa shape index (κ2) is 7.90. The van der Waals surface area contributed by atoms with Gasteiger partial charge in [-0.25, -0.2) is 8.78 Å². The lowest BCUT2D eigenvalue weighted by atomic mass is 9.65. The number of hydrogen-bond donors (Lipinski definition) is 3. The first-order chi connectivity index (χ1) is 14.7. The highest BCUT2D eigenvalue weighted by molar-refractivity contribution is 6.07. The van der Waals surface area contributed by atoms with Crippen molar-refractivity contribution in [2.75, 3.05) is 11.9 Å². The SMILES string of the molecule is CC(C)Nc1c(C(=O)NCCC2(C)CC(F)(F)C2)cnc2ccc(-c3cn[nH]c3)cc12. The van der Waals surface area contributed by atoms with Crippen LogP contribution in [0, 0.1) is 5.41 Å². The zero-order valence-corrected chi connectivity index (χ0v) is 17.9. The minimum atomic E-state index is -2.57. The number of carbonyl (C=O) groups is 1. The number of halogens is 2. The van der Waals surface area contributed by atoms with E-state index in [1.165, 1.54) is 0 Å². The third kappa shape index (κ3) is 4.52. The van der Waals surface area contributed by atoms with Crippen LogP contribution in [-0.2, 0) is 0 Å². The van der Waals surface area contributed by atoms with Gasteiger partial charge in [-0.1, -0.05) is 13.0 Å². The number of nitrogens with zero attached hydrogens (tertiary/aromatic N) is 2. The molecular formula is C23H27F2N5O. The van der Waals surface area contributed by atoms with Gasteiger partial charge >= 0.3 is 0 Å². The van der Waals surface area contributed by atoms with Crippen LogP contribution in [0.2, 0.25) is 0 Å². The third-order valence-corrected chi connectivity index (χ3v) is 5.76. The van der Waals surface area contributed by atoms with Crippen molar-refractivity contribution in [3.63, 3.8) is 0 Å². The Morgan fingerprint density at radius 2 is 2.00 bits per heavy atom. The van der Waals surface area contributed by atoms with Crippen molar-refractivity contribution in [2.24, 2.45) is 5.41 Å². The number of carbonyl (C=O) groups excluding carboxylic acids is 1. The van der Waals surface area contributed by atoms with Crippen LogP contribution in [0.15, 0.2) is 36.8 Å². The summed E-state index contributed by atoms with van der Waals surface area (Å²) in [6.45, 7) is 6.20. The van der Waals surface area contributed by atoms with Crippen LogP contribution in [0.25, 0.3) is 22.0 Å². The highest BCUT2D eigenvalue weighted by Crippen LogP contribution is 2.53. The number of hydrogen-bond acceptors (Lipinski definition) is 4. The number of amides is 1. The molecule has 1 amide bonds. The molecule has 1 aliphatic carbocycles. The molecule has 8 heteroatoms. The van der Waals surface area contributed by atoms with E-state index in [4.69, 9.17) is 0 Å². The summed E-state index contributed by atoms with van der Waals surface area (Å²) in [6.07, 6.45) is 5.40. The van der Waals surface area contributed by atoms with Crippen molar-refractivity contribution in [1.29, 1.82) is 0 Å². The van der Waals surface area contributed by atoms with Crippen LogP contribution in [0.1, 0.15) is 50.4 Å². The van der Waals surface area contributed by atoms with Crippen molar-refractivity contribution in [1.82, 2.24) is 20.5 Å². The van der Waals surface area contributed by atoms with E-state index in [9.17, 15) is 13.6 Å². The lowest BCUT2D eigenvalue weighted by molar-refractivity contribution is -0.155. The Hall–Kier alpha value is -3.03. The summed E-state index contributed by atoms with van der Waals surface area (Å²) >= 11 is 0. The second-order valence-electron chi connectivity index (χ2n) is 9.09. The van der Waals surface area contributed by atoms with Crippen LogP contribution in [0.3, 0.4) is 0 Å². The molecule has 1 saturated carbocycles. The van der Waals surface area contributed by atoms with Crippen molar-refractivity contribution < 1.29 is 13.6 Å². The maximum atomic E-state index is 13.2. The van der Waals surface area contributed by atoms with Crippen molar-refractivity contribution in [2.45, 2.75) is 52.0 Å². The zero-order valence-electron chi connectivity index (χ0n) is 17.9. The molecule has 1 fully saturated rings. The van der Waals surface area contributed by atoms with E-state index in [-0.39, 0.29) is 24.8 Å². The topological polar surface area (TPSA) is 82.7 Å². The molecule has 6 nitrogen and oxygen atoms in total. The number of anilines is 1. The van der Waals surface area contributed by atoms with Crippen LogP contribution in [-0.4, -0.2) is 39.6 Å². The van der Waals surface area contributed by atoms with E-state index in [0.717, 1.165) is 22.0 Å². The van der Waals surface area contributed by atoms with Gasteiger partial charge in [-0.3, -0.25) is 14.9 Å². The quantitative estimate of drug-likeness (QED) is 0.496. The van der Waals surface area contributed by atoms with Gasteiger partial charge in [0.15, 0.2) is 0 Å². The van der Waals surface area contributed by atoms with E-state index >= 15 is 0 Å². The molecule has 2 aromatic heterocycles. The van der Waals surface area contributed by atoms with Gasteiger partial charge in [-0.05, 0) is 43.4 Å². The molecular weight excluding hydrogens is 400 g/mol. The highest BCUT2D eigenvalue weighted by atomic mass is 19.3. The molecule has 0 saturated heterocycles.